The van der Waals surface area contributed by atoms with Gasteiger partial charge in [0.25, 0.3) is 0 Å². The van der Waals surface area contributed by atoms with Gasteiger partial charge in [-0.3, -0.25) is 0 Å². The van der Waals surface area contributed by atoms with E-state index in [4.69, 9.17) is 5.26 Å². The van der Waals surface area contributed by atoms with E-state index in [0.29, 0.717) is 5.56 Å². The van der Waals surface area contributed by atoms with Crippen LogP contribution < -0.4 is 0 Å². The smallest absolute Gasteiger partial charge is 0.0992 e. The highest BCUT2D eigenvalue weighted by atomic mass is 79.9. The number of nitriles is 1. The zero-order chi connectivity index (χ0) is 9.68. The van der Waals surface area contributed by atoms with Crippen molar-refractivity contribution in [1.29, 1.82) is 5.26 Å². The average molecular weight is 256 g/mol. The molecule has 0 saturated carbocycles. The topological polar surface area (TPSA) is 23.8 Å². The molecular weight excluding hydrogens is 246 g/mol. The van der Waals surface area contributed by atoms with Crippen LogP contribution in [0.25, 0.3) is 0 Å². The summed E-state index contributed by atoms with van der Waals surface area (Å²) in [6.45, 7) is 2.16. The van der Waals surface area contributed by atoms with Gasteiger partial charge in [-0.1, -0.05) is 6.92 Å². The van der Waals surface area contributed by atoms with Gasteiger partial charge in [-0.25, -0.2) is 0 Å². The van der Waals surface area contributed by atoms with Gasteiger partial charge in [-0.2, -0.15) is 5.26 Å². The maximum atomic E-state index is 8.65. The minimum atomic E-state index is 0.702. The molecular formula is C10H10BrNS. The van der Waals surface area contributed by atoms with E-state index >= 15 is 0 Å². The minimum Gasteiger partial charge on any atom is -0.192 e. The van der Waals surface area contributed by atoms with E-state index in [9.17, 15) is 0 Å². The van der Waals surface area contributed by atoms with Crippen LogP contribution >= 0.6 is 27.7 Å². The zero-order valence-corrected chi connectivity index (χ0v) is 9.78. The van der Waals surface area contributed by atoms with Crippen molar-refractivity contribution >= 4 is 27.7 Å². The number of halogens is 1. The van der Waals surface area contributed by atoms with Gasteiger partial charge >= 0.3 is 0 Å². The monoisotopic (exact) mass is 255 g/mol. The van der Waals surface area contributed by atoms with Gasteiger partial charge in [-0.15, -0.1) is 11.8 Å². The van der Waals surface area contributed by atoms with E-state index in [0.717, 1.165) is 16.6 Å². The maximum Gasteiger partial charge on any atom is 0.0992 e. The summed E-state index contributed by atoms with van der Waals surface area (Å²) in [7, 11) is 0. The fraction of sp³-hybridized carbons (Fsp3) is 0.300. The van der Waals surface area contributed by atoms with Gasteiger partial charge in [-0.05, 0) is 46.3 Å². The van der Waals surface area contributed by atoms with Crippen LogP contribution in [0.5, 0.6) is 0 Å². The fourth-order valence-electron chi connectivity index (χ4n) is 0.899. The molecule has 0 spiro atoms. The second-order valence-corrected chi connectivity index (χ2v) is 4.60. The molecule has 1 nitrogen and oxygen atoms in total. The second kappa shape index (κ2) is 5.31. The van der Waals surface area contributed by atoms with Crippen LogP contribution in [0.1, 0.15) is 18.9 Å². The van der Waals surface area contributed by atoms with Crippen molar-refractivity contribution in [2.45, 2.75) is 18.2 Å². The number of nitrogens with zero attached hydrogens (tertiary/aromatic N) is 1. The molecule has 3 heteroatoms. The van der Waals surface area contributed by atoms with Gasteiger partial charge < -0.3 is 0 Å². The van der Waals surface area contributed by atoms with E-state index in [1.807, 2.05) is 30.0 Å². The summed E-state index contributed by atoms with van der Waals surface area (Å²) in [4.78, 5) is 1.21. The van der Waals surface area contributed by atoms with Crippen molar-refractivity contribution in [3.63, 3.8) is 0 Å². The van der Waals surface area contributed by atoms with Crippen LogP contribution in [0.2, 0.25) is 0 Å². The molecule has 13 heavy (non-hydrogen) atoms. The summed E-state index contributed by atoms with van der Waals surface area (Å²) in [5.74, 6) is 1.12. The Kier molecular flexibility index (Phi) is 4.34. The van der Waals surface area contributed by atoms with E-state index in [1.54, 1.807) is 0 Å². The largest absolute Gasteiger partial charge is 0.192 e. The number of rotatable bonds is 3. The van der Waals surface area contributed by atoms with E-state index in [-0.39, 0.29) is 0 Å². The van der Waals surface area contributed by atoms with Crippen molar-refractivity contribution in [2.24, 2.45) is 0 Å². The van der Waals surface area contributed by atoms with Gasteiger partial charge in [0.2, 0.25) is 0 Å². The summed E-state index contributed by atoms with van der Waals surface area (Å²) >= 11 is 5.26. The summed E-state index contributed by atoms with van der Waals surface area (Å²) in [6.07, 6.45) is 1.16. The molecule has 1 aromatic rings. The molecule has 0 fully saturated rings. The Morgan fingerprint density at radius 2 is 2.31 bits per heavy atom. The standard InChI is InChI=1S/C10H10BrNS/c1-2-5-13-10-4-3-8(7-12)6-9(10)11/h3-4,6H,2,5H2,1H3. The van der Waals surface area contributed by atoms with Gasteiger partial charge in [0.15, 0.2) is 0 Å². The molecule has 0 N–H and O–H groups in total. The Balaban J connectivity index is 2.81. The first kappa shape index (κ1) is 10.6. The molecule has 0 aliphatic heterocycles. The molecule has 0 heterocycles. The Hall–Kier alpha value is -0.460. The van der Waals surface area contributed by atoms with Crippen LogP contribution in [-0.2, 0) is 0 Å². The van der Waals surface area contributed by atoms with Crippen LogP contribution in [0, 0.1) is 11.3 Å². The van der Waals surface area contributed by atoms with Gasteiger partial charge in [0.05, 0.1) is 11.6 Å². The lowest BCUT2D eigenvalue weighted by Crippen LogP contribution is -1.80. The highest BCUT2D eigenvalue weighted by molar-refractivity contribution is 9.10. The van der Waals surface area contributed by atoms with Crippen molar-refractivity contribution in [3.8, 4) is 6.07 Å². The van der Waals surface area contributed by atoms with Gasteiger partial charge in [0.1, 0.15) is 0 Å². The lowest BCUT2D eigenvalue weighted by Gasteiger charge is -2.02. The van der Waals surface area contributed by atoms with Crippen LogP contribution in [0.15, 0.2) is 27.6 Å². The highest BCUT2D eigenvalue weighted by Crippen LogP contribution is 2.28. The van der Waals surface area contributed by atoms with Crippen molar-refractivity contribution in [2.75, 3.05) is 5.75 Å². The van der Waals surface area contributed by atoms with E-state index in [1.165, 1.54) is 4.90 Å². The third-order valence-electron chi connectivity index (χ3n) is 1.52. The summed E-state index contributed by atoms with van der Waals surface area (Å²) in [5.41, 5.74) is 0.702. The molecule has 0 bridgehead atoms. The lowest BCUT2D eigenvalue weighted by atomic mass is 10.2. The van der Waals surface area contributed by atoms with Gasteiger partial charge in [0, 0.05) is 9.37 Å². The molecule has 1 rings (SSSR count). The maximum absolute atomic E-state index is 8.65. The fourth-order valence-corrected chi connectivity index (χ4v) is 2.41. The molecule has 0 aromatic heterocycles. The summed E-state index contributed by atoms with van der Waals surface area (Å²) in [5, 5.41) is 8.65. The zero-order valence-electron chi connectivity index (χ0n) is 7.38. The predicted octanol–water partition coefficient (Wildman–Crippen LogP) is 3.82. The first-order valence-electron chi connectivity index (χ1n) is 4.10. The summed E-state index contributed by atoms with van der Waals surface area (Å²) < 4.78 is 1.02. The molecule has 0 aliphatic rings. The number of benzene rings is 1. The molecule has 0 atom stereocenters. The highest BCUT2D eigenvalue weighted by Gasteiger charge is 2.00. The van der Waals surface area contributed by atoms with Crippen molar-refractivity contribution < 1.29 is 0 Å². The minimum absolute atomic E-state index is 0.702. The quantitative estimate of drug-likeness (QED) is 0.767. The van der Waals surface area contributed by atoms with E-state index in [2.05, 4.69) is 28.9 Å². The summed E-state index contributed by atoms with van der Waals surface area (Å²) in [6, 6.07) is 7.81. The molecule has 0 radical (unpaired) electrons. The molecule has 0 aliphatic carbocycles. The Morgan fingerprint density at radius 1 is 1.54 bits per heavy atom. The first-order chi connectivity index (χ1) is 6.27. The lowest BCUT2D eigenvalue weighted by molar-refractivity contribution is 1.10. The van der Waals surface area contributed by atoms with Crippen LogP contribution in [0.3, 0.4) is 0 Å². The average Bonchev–Trinajstić information content (AvgIpc) is 2.16. The van der Waals surface area contributed by atoms with E-state index < -0.39 is 0 Å². The second-order valence-electron chi connectivity index (χ2n) is 2.61. The third-order valence-corrected chi connectivity index (χ3v) is 3.72. The van der Waals surface area contributed by atoms with Crippen LogP contribution in [0.4, 0.5) is 0 Å². The molecule has 0 saturated heterocycles. The SMILES string of the molecule is CCCSc1ccc(C#N)cc1Br. The third kappa shape index (κ3) is 3.06. The van der Waals surface area contributed by atoms with Crippen LogP contribution in [-0.4, -0.2) is 5.75 Å². The molecule has 68 valence electrons. The van der Waals surface area contributed by atoms with Crippen molar-refractivity contribution in [3.05, 3.63) is 28.2 Å². The normalized spacial score (nSPS) is 9.62. The molecule has 1 aromatic carbocycles. The number of hydrogen-bond donors (Lipinski definition) is 0. The Labute approximate surface area is 91.3 Å². The Bertz CT molecular complexity index is 330. The Morgan fingerprint density at radius 3 is 2.85 bits per heavy atom. The molecule has 0 amide bonds. The number of thioether (sulfide) groups is 1. The predicted molar refractivity (Wildman–Crippen MR) is 59.9 cm³/mol. The number of hydrogen-bond acceptors (Lipinski definition) is 2. The first-order valence-corrected chi connectivity index (χ1v) is 5.88. The van der Waals surface area contributed by atoms with Crippen molar-refractivity contribution in [1.82, 2.24) is 0 Å². The molecule has 0 unspecified atom stereocenters.